The number of carbonyl (C=O) groups is 1. The quantitative estimate of drug-likeness (QED) is 0.630. The Morgan fingerprint density at radius 1 is 1.03 bits per heavy atom. The molecule has 0 saturated carbocycles. The van der Waals surface area contributed by atoms with Gasteiger partial charge < -0.3 is 5.32 Å². The molecule has 9 nitrogen and oxygen atoms in total. The number of benzene rings is 1. The molecule has 3 aromatic rings. The Hall–Kier alpha value is -3.27. The second-order valence-electron chi connectivity index (χ2n) is 7.81. The van der Waals surface area contributed by atoms with E-state index in [-0.39, 0.29) is 11.6 Å². The summed E-state index contributed by atoms with van der Waals surface area (Å²) >= 11 is 0. The molecule has 0 saturated heterocycles. The van der Waals surface area contributed by atoms with Crippen molar-refractivity contribution in [2.45, 2.75) is 50.1 Å². The van der Waals surface area contributed by atoms with Gasteiger partial charge >= 0.3 is 6.03 Å². The largest absolute Gasteiger partial charge is 0.333 e. The van der Waals surface area contributed by atoms with E-state index in [1.807, 2.05) is 0 Å². The van der Waals surface area contributed by atoms with Crippen LogP contribution in [0.2, 0.25) is 0 Å². The molecule has 2 N–H and O–H groups in total. The molecule has 2 aromatic heterocycles. The van der Waals surface area contributed by atoms with Crippen LogP contribution in [-0.2, 0) is 42.3 Å². The first-order valence-electron chi connectivity index (χ1n) is 10.3. The average molecular weight is 439 g/mol. The van der Waals surface area contributed by atoms with Crippen molar-refractivity contribution >= 4 is 21.7 Å². The summed E-state index contributed by atoms with van der Waals surface area (Å²) in [6.07, 6.45) is 10.6. The fourth-order valence-electron chi connectivity index (χ4n) is 4.41. The number of aromatic nitrogens is 4. The summed E-state index contributed by atoms with van der Waals surface area (Å²) in [4.78, 5) is 20.8. The van der Waals surface area contributed by atoms with Crippen LogP contribution in [0.1, 0.15) is 40.9 Å². The van der Waals surface area contributed by atoms with Gasteiger partial charge in [0.25, 0.3) is 10.0 Å². The van der Waals surface area contributed by atoms with E-state index in [2.05, 4.69) is 31.2 Å². The SMILES string of the molecule is O=C(Nc1c2c(cc3c1CCC3)CCC2)NS(=O)(=O)c1ccn(Cc2ncccn2)n1. The minimum Gasteiger partial charge on any atom is -0.307 e. The minimum absolute atomic E-state index is 0.227. The Morgan fingerprint density at radius 3 is 2.39 bits per heavy atom. The van der Waals surface area contributed by atoms with Crippen LogP contribution in [0.3, 0.4) is 0 Å². The second kappa shape index (κ2) is 7.77. The molecule has 0 unspecified atom stereocenters. The van der Waals surface area contributed by atoms with E-state index in [4.69, 9.17) is 0 Å². The number of anilines is 1. The first-order chi connectivity index (χ1) is 15.0. The molecule has 1 aromatic carbocycles. The lowest BCUT2D eigenvalue weighted by Crippen LogP contribution is -2.35. The van der Waals surface area contributed by atoms with Crippen LogP contribution in [0.5, 0.6) is 0 Å². The van der Waals surface area contributed by atoms with Crippen LogP contribution in [-0.4, -0.2) is 34.2 Å². The van der Waals surface area contributed by atoms with Crippen molar-refractivity contribution in [1.82, 2.24) is 24.5 Å². The summed E-state index contributed by atoms with van der Waals surface area (Å²) in [6.45, 7) is 0.227. The average Bonchev–Trinajstić information content (AvgIpc) is 3.48. The van der Waals surface area contributed by atoms with Crippen molar-refractivity contribution in [3.8, 4) is 0 Å². The van der Waals surface area contributed by atoms with Crippen LogP contribution < -0.4 is 10.0 Å². The fourth-order valence-corrected chi connectivity index (χ4v) is 5.26. The summed E-state index contributed by atoms with van der Waals surface area (Å²) in [5, 5.41) is 6.66. The molecule has 2 heterocycles. The van der Waals surface area contributed by atoms with Crippen molar-refractivity contribution in [1.29, 1.82) is 0 Å². The standard InChI is InChI=1S/C21H22N6O3S/c28-21(24-20-16-6-1-4-14(16)12-15-5-2-7-17(15)20)26-31(29,30)19-8-11-27(25-19)13-18-22-9-3-10-23-18/h3,8-12H,1-2,4-7,13H2,(H2,24,26,28). The molecule has 0 bridgehead atoms. The molecule has 5 rings (SSSR count). The predicted octanol–water partition coefficient (Wildman–Crippen LogP) is 2.21. The zero-order valence-corrected chi connectivity index (χ0v) is 17.7. The third kappa shape index (κ3) is 3.90. The molecule has 160 valence electrons. The number of fused-ring (bicyclic) bond motifs is 2. The maximum Gasteiger partial charge on any atom is 0.333 e. The molecule has 2 amide bonds. The lowest BCUT2D eigenvalue weighted by Gasteiger charge is -2.16. The van der Waals surface area contributed by atoms with Gasteiger partial charge in [-0.3, -0.25) is 4.68 Å². The van der Waals surface area contributed by atoms with E-state index < -0.39 is 16.1 Å². The van der Waals surface area contributed by atoms with Gasteiger partial charge in [0.15, 0.2) is 5.03 Å². The van der Waals surface area contributed by atoms with Gasteiger partial charge in [-0.1, -0.05) is 6.07 Å². The lowest BCUT2D eigenvalue weighted by molar-refractivity contribution is 0.256. The van der Waals surface area contributed by atoms with Gasteiger partial charge in [0.05, 0.1) is 0 Å². The molecular weight excluding hydrogens is 416 g/mol. The molecular formula is C21H22N6O3S. The predicted molar refractivity (Wildman–Crippen MR) is 113 cm³/mol. The molecule has 10 heteroatoms. The van der Waals surface area contributed by atoms with Gasteiger partial charge in [-0.05, 0) is 72.9 Å². The van der Waals surface area contributed by atoms with E-state index in [0.717, 1.165) is 55.3 Å². The summed E-state index contributed by atoms with van der Waals surface area (Å²) in [6, 6.07) is 4.53. The van der Waals surface area contributed by atoms with E-state index in [0.29, 0.717) is 5.82 Å². The van der Waals surface area contributed by atoms with Gasteiger partial charge in [-0.25, -0.2) is 19.5 Å². The normalized spacial score (nSPS) is 14.8. The van der Waals surface area contributed by atoms with Gasteiger partial charge in [0.1, 0.15) is 12.4 Å². The zero-order chi connectivity index (χ0) is 21.4. The summed E-state index contributed by atoms with van der Waals surface area (Å²) in [7, 11) is -4.11. The number of aryl methyl sites for hydroxylation is 2. The van der Waals surface area contributed by atoms with Gasteiger partial charge in [-0.15, -0.1) is 0 Å². The van der Waals surface area contributed by atoms with Crippen molar-refractivity contribution in [3.63, 3.8) is 0 Å². The number of hydrogen-bond donors (Lipinski definition) is 2. The van der Waals surface area contributed by atoms with E-state index in [9.17, 15) is 13.2 Å². The zero-order valence-electron chi connectivity index (χ0n) is 16.8. The summed E-state index contributed by atoms with van der Waals surface area (Å²) in [5.74, 6) is 0.507. The number of carbonyl (C=O) groups excluding carboxylic acids is 1. The Kier molecular flexibility index (Phi) is 4.93. The number of nitrogens with one attached hydrogen (secondary N) is 2. The van der Waals surface area contributed by atoms with Crippen LogP contribution in [0, 0.1) is 0 Å². The van der Waals surface area contributed by atoms with E-state index in [1.165, 1.54) is 28.1 Å². The first-order valence-corrected chi connectivity index (χ1v) is 11.8. The molecule has 0 aliphatic heterocycles. The molecule has 2 aliphatic carbocycles. The smallest absolute Gasteiger partial charge is 0.307 e. The molecule has 0 fully saturated rings. The second-order valence-corrected chi connectivity index (χ2v) is 9.44. The maximum absolute atomic E-state index is 12.7. The third-order valence-corrected chi connectivity index (χ3v) is 6.98. The highest BCUT2D eigenvalue weighted by molar-refractivity contribution is 7.90. The van der Waals surface area contributed by atoms with Crippen LogP contribution in [0.15, 0.2) is 41.8 Å². The molecule has 2 aliphatic rings. The summed E-state index contributed by atoms with van der Waals surface area (Å²) < 4.78 is 28.9. The van der Waals surface area contributed by atoms with Gasteiger partial charge in [-0.2, -0.15) is 13.5 Å². The van der Waals surface area contributed by atoms with Crippen LogP contribution in [0.4, 0.5) is 10.5 Å². The number of sulfonamides is 1. The highest BCUT2D eigenvalue weighted by Gasteiger charge is 2.27. The van der Waals surface area contributed by atoms with Crippen LogP contribution in [0.25, 0.3) is 0 Å². The monoisotopic (exact) mass is 438 g/mol. The topological polar surface area (TPSA) is 119 Å². The lowest BCUT2D eigenvalue weighted by atomic mass is 9.99. The number of nitrogens with zero attached hydrogens (tertiary/aromatic N) is 4. The van der Waals surface area contributed by atoms with Gasteiger partial charge in [0, 0.05) is 24.3 Å². The van der Waals surface area contributed by atoms with Crippen molar-refractivity contribution < 1.29 is 13.2 Å². The Bertz CT molecular complexity index is 1220. The summed E-state index contributed by atoms with van der Waals surface area (Å²) in [5.41, 5.74) is 5.60. The number of rotatable bonds is 5. The molecule has 0 radical (unpaired) electrons. The number of amides is 2. The first kappa shape index (κ1) is 19.7. The number of urea groups is 1. The van der Waals surface area contributed by atoms with Crippen LogP contribution >= 0.6 is 0 Å². The maximum atomic E-state index is 12.7. The van der Waals surface area contributed by atoms with Crippen molar-refractivity contribution in [2.75, 3.05) is 5.32 Å². The highest BCUT2D eigenvalue weighted by Crippen LogP contribution is 2.38. The Balaban J connectivity index is 1.32. The minimum atomic E-state index is -4.11. The Labute approximate surface area is 180 Å². The van der Waals surface area contributed by atoms with E-state index in [1.54, 1.807) is 18.5 Å². The fraction of sp³-hybridized carbons (Fsp3) is 0.333. The van der Waals surface area contributed by atoms with Crippen molar-refractivity contribution in [2.24, 2.45) is 0 Å². The molecule has 31 heavy (non-hydrogen) atoms. The number of hydrogen-bond acceptors (Lipinski definition) is 6. The van der Waals surface area contributed by atoms with E-state index >= 15 is 0 Å². The van der Waals surface area contributed by atoms with Gasteiger partial charge in [0.2, 0.25) is 0 Å². The third-order valence-electron chi connectivity index (χ3n) is 5.75. The molecule has 0 atom stereocenters. The Morgan fingerprint density at radius 2 is 1.71 bits per heavy atom. The highest BCUT2D eigenvalue weighted by atomic mass is 32.2. The van der Waals surface area contributed by atoms with Crippen molar-refractivity contribution in [3.05, 3.63) is 64.9 Å². The molecule has 0 spiro atoms.